The molecule has 0 unspecified atom stereocenters. The van der Waals surface area contributed by atoms with Gasteiger partial charge >= 0.3 is 0 Å². The van der Waals surface area contributed by atoms with Crippen molar-refractivity contribution >= 4 is 38.5 Å². The summed E-state index contributed by atoms with van der Waals surface area (Å²) in [7, 11) is 0. The number of fused-ring (bicyclic) bond motifs is 4. The third-order valence-electron chi connectivity index (χ3n) is 6.18. The summed E-state index contributed by atoms with van der Waals surface area (Å²) in [5, 5.41) is 12.7. The second-order valence-electron chi connectivity index (χ2n) is 8.20. The molecule has 1 aromatic heterocycles. The van der Waals surface area contributed by atoms with E-state index in [1.165, 1.54) is 6.07 Å². The van der Waals surface area contributed by atoms with Crippen LogP contribution in [0.25, 0.3) is 43.8 Å². The molecule has 0 radical (unpaired) electrons. The lowest BCUT2D eigenvalue weighted by atomic mass is 9.92. The Morgan fingerprint density at radius 2 is 1.41 bits per heavy atom. The van der Waals surface area contributed by atoms with E-state index in [2.05, 4.69) is 0 Å². The minimum Gasteiger partial charge on any atom is -0.507 e. The Labute approximate surface area is 194 Å². The van der Waals surface area contributed by atoms with Crippen molar-refractivity contribution in [2.45, 2.75) is 0 Å². The number of para-hydroxylation sites is 2. The zero-order valence-corrected chi connectivity index (χ0v) is 18.0. The minimum atomic E-state index is -0.287. The topological polar surface area (TPSA) is 67.5 Å². The molecule has 6 rings (SSSR count). The fourth-order valence-electron chi connectivity index (χ4n) is 4.53. The summed E-state index contributed by atoms with van der Waals surface area (Å²) in [5.41, 5.74) is 3.37. The molecular weight excluding hydrogens is 424 g/mol. The Hall–Kier alpha value is -4.70. The number of hydrogen-bond donors (Lipinski definition) is 1. The lowest BCUT2D eigenvalue weighted by molar-refractivity contribution is 0.103. The van der Waals surface area contributed by atoms with Crippen molar-refractivity contribution in [2.75, 3.05) is 0 Å². The van der Waals surface area contributed by atoms with Crippen molar-refractivity contribution in [1.82, 2.24) is 0 Å². The third kappa shape index (κ3) is 3.08. The largest absolute Gasteiger partial charge is 0.507 e. The highest BCUT2D eigenvalue weighted by atomic mass is 16.3. The monoisotopic (exact) mass is 442 g/mol. The highest BCUT2D eigenvalue weighted by molar-refractivity contribution is 6.18. The molecule has 6 aromatic rings. The first-order chi connectivity index (χ1) is 16.6. The van der Waals surface area contributed by atoms with Gasteiger partial charge in [-0.2, -0.15) is 0 Å². The van der Waals surface area contributed by atoms with E-state index in [1.54, 1.807) is 48.5 Å². The van der Waals surface area contributed by atoms with E-state index in [4.69, 9.17) is 4.42 Å². The van der Waals surface area contributed by atoms with Gasteiger partial charge in [0, 0.05) is 5.56 Å². The summed E-state index contributed by atoms with van der Waals surface area (Å²) in [4.78, 5) is 26.7. The second-order valence-corrected chi connectivity index (χ2v) is 8.20. The Morgan fingerprint density at radius 1 is 0.676 bits per heavy atom. The number of carbonyl (C=O) groups excluding carboxylic acids is 1. The van der Waals surface area contributed by atoms with Crippen LogP contribution < -0.4 is 5.43 Å². The molecule has 0 atom stereocenters. The summed E-state index contributed by atoms with van der Waals surface area (Å²) < 4.78 is 6.16. The average molecular weight is 442 g/mol. The first-order valence-corrected chi connectivity index (χ1v) is 10.9. The summed E-state index contributed by atoms with van der Waals surface area (Å²) in [6.07, 6.45) is 0. The van der Waals surface area contributed by atoms with Gasteiger partial charge in [0.05, 0.1) is 16.3 Å². The maximum absolute atomic E-state index is 13.5. The Bertz CT molecular complexity index is 1800. The molecule has 0 saturated heterocycles. The predicted octanol–water partition coefficient (Wildman–Crippen LogP) is 6.70. The number of carbonyl (C=O) groups is 1. The first-order valence-electron chi connectivity index (χ1n) is 10.9. The van der Waals surface area contributed by atoms with Gasteiger partial charge in [-0.15, -0.1) is 0 Å². The summed E-state index contributed by atoms with van der Waals surface area (Å²) >= 11 is 0. The van der Waals surface area contributed by atoms with Crippen LogP contribution in [0.1, 0.15) is 15.9 Å². The van der Waals surface area contributed by atoms with E-state index in [-0.39, 0.29) is 22.5 Å². The van der Waals surface area contributed by atoms with Gasteiger partial charge in [0.25, 0.3) is 0 Å². The fourth-order valence-corrected chi connectivity index (χ4v) is 4.53. The molecule has 34 heavy (non-hydrogen) atoms. The van der Waals surface area contributed by atoms with Crippen molar-refractivity contribution in [3.8, 4) is 16.9 Å². The highest BCUT2D eigenvalue weighted by Gasteiger charge is 2.18. The first kappa shape index (κ1) is 19.9. The number of ketones is 1. The molecular formula is C30H18O4. The third-order valence-corrected chi connectivity index (χ3v) is 6.18. The van der Waals surface area contributed by atoms with Crippen LogP contribution in [-0.4, -0.2) is 10.9 Å². The number of rotatable bonds is 3. The van der Waals surface area contributed by atoms with Gasteiger partial charge in [-0.05, 0) is 58.3 Å². The molecule has 1 heterocycles. The number of phenols is 1. The molecule has 0 saturated carbocycles. The van der Waals surface area contributed by atoms with Gasteiger partial charge in [-0.1, -0.05) is 66.7 Å². The molecule has 0 fully saturated rings. The summed E-state index contributed by atoms with van der Waals surface area (Å²) in [6.45, 7) is 0. The maximum atomic E-state index is 13.5. The molecule has 4 nitrogen and oxygen atoms in total. The maximum Gasteiger partial charge on any atom is 0.201 e. The van der Waals surface area contributed by atoms with Crippen molar-refractivity contribution in [3.05, 3.63) is 124 Å². The van der Waals surface area contributed by atoms with Crippen LogP contribution >= 0.6 is 0 Å². The molecule has 0 aliphatic carbocycles. The molecule has 162 valence electrons. The molecule has 0 spiro atoms. The van der Waals surface area contributed by atoms with Crippen LogP contribution in [0.5, 0.6) is 5.75 Å². The van der Waals surface area contributed by atoms with E-state index >= 15 is 0 Å². The van der Waals surface area contributed by atoms with Crippen molar-refractivity contribution in [2.24, 2.45) is 0 Å². The molecule has 0 amide bonds. The van der Waals surface area contributed by atoms with Crippen LogP contribution in [-0.2, 0) is 0 Å². The standard InChI is InChI=1S/C30H18O4/c31-25-12-6-4-10-21(25)29(32)19-14-15-20-24(16-19)23(18-8-2-1-3-9-18)17-27-28(20)30(33)22-11-5-7-13-26(22)34-27/h1-17,31H. The van der Waals surface area contributed by atoms with Crippen LogP contribution in [0.15, 0.2) is 112 Å². The molecule has 1 N–H and O–H groups in total. The molecule has 0 aliphatic rings. The van der Waals surface area contributed by atoms with Crippen LogP contribution in [0.3, 0.4) is 0 Å². The number of phenolic OH excluding ortho intramolecular Hbond substituents is 1. The smallest absolute Gasteiger partial charge is 0.201 e. The summed E-state index contributed by atoms with van der Waals surface area (Å²) in [5.74, 6) is -0.355. The normalized spacial score (nSPS) is 11.3. The van der Waals surface area contributed by atoms with Gasteiger partial charge in [-0.25, -0.2) is 0 Å². The molecule has 0 bridgehead atoms. The molecule has 4 heteroatoms. The van der Waals surface area contributed by atoms with Gasteiger partial charge in [0.1, 0.15) is 16.9 Å². The number of hydrogen-bond acceptors (Lipinski definition) is 4. The van der Waals surface area contributed by atoms with E-state index in [9.17, 15) is 14.7 Å². The van der Waals surface area contributed by atoms with Crippen molar-refractivity contribution < 1.29 is 14.3 Å². The highest BCUT2D eigenvalue weighted by Crippen LogP contribution is 2.36. The lowest BCUT2D eigenvalue weighted by Crippen LogP contribution is -2.05. The van der Waals surface area contributed by atoms with Gasteiger partial charge < -0.3 is 9.52 Å². The van der Waals surface area contributed by atoms with Crippen LogP contribution in [0, 0.1) is 0 Å². The Morgan fingerprint density at radius 3 is 2.24 bits per heavy atom. The fraction of sp³-hybridized carbons (Fsp3) is 0. The SMILES string of the molecule is O=C(c1ccc2c(c1)c(-c1ccccc1)cc1oc3ccccc3c(=O)c12)c1ccccc1O. The van der Waals surface area contributed by atoms with Gasteiger partial charge in [0.15, 0.2) is 5.78 Å². The lowest BCUT2D eigenvalue weighted by Gasteiger charge is -2.13. The van der Waals surface area contributed by atoms with Crippen LogP contribution in [0.4, 0.5) is 0 Å². The van der Waals surface area contributed by atoms with E-state index in [0.717, 1.165) is 16.5 Å². The van der Waals surface area contributed by atoms with Gasteiger partial charge in [-0.3, -0.25) is 9.59 Å². The summed E-state index contributed by atoms with van der Waals surface area (Å²) in [6, 6.07) is 30.6. The zero-order chi connectivity index (χ0) is 23.2. The number of benzene rings is 5. The molecule has 5 aromatic carbocycles. The molecule has 0 aliphatic heterocycles. The second kappa shape index (κ2) is 7.71. The number of aromatic hydroxyl groups is 1. The van der Waals surface area contributed by atoms with E-state index in [0.29, 0.717) is 32.9 Å². The van der Waals surface area contributed by atoms with Crippen LogP contribution in [0.2, 0.25) is 0 Å². The zero-order valence-electron chi connectivity index (χ0n) is 18.0. The Balaban J connectivity index is 1.71. The van der Waals surface area contributed by atoms with Crippen molar-refractivity contribution in [1.29, 1.82) is 0 Å². The van der Waals surface area contributed by atoms with E-state index < -0.39 is 0 Å². The van der Waals surface area contributed by atoms with Crippen molar-refractivity contribution in [3.63, 3.8) is 0 Å². The van der Waals surface area contributed by atoms with E-state index in [1.807, 2.05) is 48.5 Å². The minimum absolute atomic E-state index is 0.0681. The Kier molecular flexibility index (Phi) is 4.52. The van der Waals surface area contributed by atoms with Gasteiger partial charge in [0.2, 0.25) is 5.43 Å². The predicted molar refractivity (Wildman–Crippen MR) is 134 cm³/mol. The quantitative estimate of drug-likeness (QED) is 0.188. The average Bonchev–Trinajstić information content (AvgIpc) is 2.88.